The van der Waals surface area contributed by atoms with Crippen molar-refractivity contribution in [3.8, 4) is 0 Å². The molecule has 0 heterocycles. The Labute approximate surface area is 128 Å². The summed E-state index contributed by atoms with van der Waals surface area (Å²) in [4.78, 5) is 14.3. The average molecular weight is 291 g/mol. The predicted molar refractivity (Wildman–Crippen MR) is 88.3 cm³/mol. The number of nitrogens with one attached hydrogen (secondary N) is 2. The summed E-state index contributed by atoms with van der Waals surface area (Å²) in [5.74, 6) is 0.115. The van der Waals surface area contributed by atoms with Crippen LogP contribution in [0.25, 0.3) is 0 Å². The molecule has 118 valence electrons. The summed E-state index contributed by atoms with van der Waals surface area (Å²) in [5.41, 5.74) is 1.26. The Balaban J connectivity index is 2.60. The molecule has 21 heavy (non-hydrogen) atoms. The standard InChI is InChI=1S/C17H29N3O/c1-4-18-13-12-17(21)19-14-16(20(5-2)6-3)15-10-8-7-9-11-15/h7-11,16,18H,4-6,12-14H2,1-3H3,(H,19,21). The molecule has 0 aromatic heterocycles. The first-order chi connectivity index (χ1) is 10.2. The van der Waals surface area contributed by atoms with Crippen molar-refractivity contribution in [1.29, 1.82) is 0 Å². The molecule has 4 nitrogen and oxygen atoms in total. The van der Waals surface area contributed by atoms with Gasteiger partial charge in [-0.1, -0.05) is 51.1 Å². The van der Waals surface area contributed by atoms with Gasteiger partial charge < -0.3 is 10.6 Å². The zero-order chi connectivity index (χ0) is 15.5. The molecule has 0 spiro atoms. The molecule has 0 saturated carbocycles. The summed E-state index contributed by atoms with van der Waals surface area (Å²) < 4.78 is 0. The molecular formula is C17H29N3O. The van der Waals surface area contributed by atoms with Gasteiger partial charge in [0, 0.05) is 19.5 Å². The Morgan fingerprint density at radius 2 is 1.81 bits per heavy atom. The fraction of sp³-hybridized carbons (Fsp3) is 0.588. The minimum Gasteiger partial charge on any atom is -0.354 e. The fourth-order valence-corrected chi connectivity index (χ4v) is 2.47. The Morgan fingerprint density at radius 3 is 2.38 bits per heavy atom. The second-order valence-corrected chi connectivity index (χ2v) is 5.06. The minimum atomic E-state index is 0.115. The van der Waals surface area contributed by atoms with Crippen LogP contribution in [0.5, 0.6) is 0 Å². The fourth-order valence-electron chi connectivity index (χ4n) is 2.47. The van der Waals surface area contributed by atoms with Crippen LogP contribution in [0.2, 0.25) is 0 Å². The van der Waals surface area contributed by atoms with Crippen LogP contribution in [0.4, 0.5) is 0 Å². The van der Waals surface area contributed by atoms with Crippen molar-refractivity contribution < 1.29 is 4.79 Å². The van der Waals surface area contributed by atoms with Gasteiger partial charge in [-0.2, -0.15) is 0 Å². The number of likely N-dealkylation sites (N-methyl/N-ethyl adjacent to an activating group) is 1. The lowest BCUT2D eigenvalue weighted by molar-refractivity contribution is -0.121. The lowest BCUT2D eigenvalue weighted by atomic mass is 10.1. The second-order valence-electron chi connectivity index (χ2n) is 5.06. The van der Waals surface area contributed by atoms with E-state index in [1.54, 1.807) is 0 Å². The molecule has 4 heteroatoms. The molecule has 1 unspecified atom stereocenters. The van der Waals surface area contributed by atoms with E-state index < -0.39 is 0 Å². The van der Waals surface area contributed by atoms with Gasteiger partial charge in [0.15, 0.2) is 0 Å². The Bertz CT molecular complexity index is 390. The van der Waals surface area contributed by atoms with Gasteiger partial charge in [-0.3, -0.25) is 9.69 Å². The van der Waals surface area contributed by atoms with Crippen LogP contribution >= 0.6 is 0 Å². The van der Waals surface area contributed by atoms with Crippen molar-refractivity contribution in [2.45, 2.75) is 33.2 Å². The normalized spacial score (nSPS) is 12.4. The number of hydrogen-bond donors (Lipinski definition) is 2. The van der Waals surface area contributed by atoms with Crippen LogP contribution < -0.4 is 10.6 Å². The molecule has 0 aliphatic heterocycles. The number of hydrogen-bond acceptors (Lipinski definition) is 3. The van der Waals surface area contributed by atoms with Crippen molar-refractivity contribution in [2.24, 2.45) is 0 Å². The Kier molecular flexibility index (Phi) is 8.71. The van der Waals surface area contributed by atoms with E-state index in [0.29, 0.717) is 13.0 Å². The maximum absolute atomic E-state index is 11.9. The summed E-state index contributed by atoms with van der Waals surface area (Å²) in [6.07, 6.45) is 0.535. The first-order valence-electron chi connectivity index (χ1n) is 7.99. The van der Waals surface area contributed by atoms with E-state index in [9.17, 15) is 4.79 Å². The number of amides is 1. The van der Waals surface area contributed by atoms with Crippen LogP contribution in [0, 0.1) is 0 Å². The Morgan fingerprint density at radius 1 is 1.14 bits per heavy atom. The van der Waals surface area contributed by atoms with Crippen molar-refractivity contribution in [3.63, 3.8) is 0 Å². The zero-order valence-corrected chi connectivity index (χ0v) is 13.6. The molecule has 0 aliphatic carbocycles. The molecule has 0 fully saturated rings. The summed E-state index contributed by atoms with van der Waals surface area (Å²) in [7, 11) is 0. The van der Waals surface area contributed by atoms with Crippen LogP contribution in [0.3, 0.4) is 0 Å². The molecule has 0 saturated heterocycles. The largest absolute Gasteiger partial charge is 0.354 e. The van der Waals surface area contributed by atoms with E-state index >= 15 is 0 Å². The summed E-state index contributed by atoms with van der Waals surface area (Å²) in [6.45, 7) is 10.6. The zero-order valence-electron chi connectivity index (χ0n) is 13.6. The number of nitrogens with zero attached hydrogens (tertiary/aromatic N) is 1. The van der Waals surface area contributed by atoms with Crippen LogP contribution in [0.1, 0.15) is 38.8 Å². The summed E-state index contributed by atoms with van der Waals surface area (Å²) >= 11 is 0. The molecule has 1 aromatic rings. The molecule has 1 amide bonds. The lowest BCUT2D eigenvalue weighted by Gasteiger charge is -2.30. The molecule has 2 N–H and O–H groups in total. The third kappa shape index (κ3) is 6.27. The molecule has 1 atom stereocenters. The third-order valence-corrected chi connectivity index (χ3v) is 3.71. The molecule has 1 aromatic carbocycles. The van der Waals surface area contributed by atoms with Crippen LogP contribution in [0.15, 0.2) is 30.3 Å². The van der Waals surface area contributed by atoms with E-state index in [1.807, 2.05) is 13.0 Å². The highest BCUT2D eigenvalue weighted by atomic mass is 16.1. The molecular weight excluding hydrogens is 262 g/mol. The van der Waals surface area contributed by atoms with Gasteiger partial charge in [-0.05, 0) is 25.2 Å². The van der Waals surface area contributed by atoms with Gasteiger partial charge in [0.1, 0.15) is 0 Å². The van der Waals surface area contributed by atoms with Crippen molar-refractivity contribution in [3.05, 3.63) is 35.9 Å². The predicted octanol–water partition coefficient (Wildman–Crippen LogP) is 2.19. The van der Waals surface area contributed by atoms with E-state index in [1.165, 1.54) is 5.56 Å². The smallest absolute Gasteiger partial charge is 0.221 e. The van der Waals surface area contributed by atoms with E-state index in [2.05, 4.69) is 53.6 Å². The number of carbonyl (C=O) groups excluding carboxylic acids is 1. The maximum atomic E-state index is 11.9. The maximum Gasteiger partial charge on any atom is 0.221 e. The van der Waals surface area contributed by atoms with E-state index in [-0.39, 0.29) is 11.9 Å². The number of rotatable bonds is 10. The number of carbonyl (C=O) groups is 1. The van der Waals surface area contributed by atoms with Gasteiger partial charge in [0.2, 0.25) is 5.91 Å². The van der Waals surface area contributed by atoms with Gasteiger partial charge in [-0.15, -0.1) is 0 Å². The van der Waals surface area contributed by atoms with Crippen molar-refractivity contribution >= 4 is 5.91 Å². The quantitative estimate of drug-likeness (QED) is 0.650. The van der Waals surface area contributed by atoms with E-state index in [0.717, 1.165) is 26.2 Å². The van der Waals surface area contributed by atoms with Gasteiger partial charge in [0.25, 0.3) is 0 Å². The highest BCUT2D eigenvalue weighted by Gasteiger charge is 2.18. The van der Waals surface area contributed by atoms with Gasteiger partial charge >= 0.3 is 0 Å². The Hall–Kier alpha value is -1.39. The van der Waals surface area contributed by atoms with Gasteiger partial charge in [-0.25, -0.2) is 0 Å². The highest BCUT2D eigenvalue weighted by Crippen LogP contribution is 2.19. The van der Waals surface area contributed by atoms with Crippen molar-refractivity contribution in [1.82, 2.24) is 15.5 Å². The molecule has 0 aliphatic rings. The van der Waals surface area contributed by atoms with Crippen LogP contribution in [-0.4, -0.2) is 43.5 Å². The lowest BCUT2D eigenvalue weighted by Crippen LogP contribution is -2.38. The molecule has 0 bridgehead atoms. The SMILES string of the molecule is CCNCCC(=O)NCC(c1ccccc1)N(CC)CC. The van der Waals surface area contributed by atoms with Crippen molar-refractivity contribution in [2.75, 3.05) is 32.7 Å². The van der Waals surface area contributed by atoms with E-state index in [4.69, 9.17) is 0 Å². The van der Waals surface area contributed by atoms with Crippen LogP contribution in [-0.2, 0) is 4.79 Å². The second kappa shape index (κ2) is 10.4. The minimum absolute atomic E-state index is 0.115. The monoisotopic (exact) mass is 291 g/mol. The number of benzene rings is 1. The first-order valence-corrected chi connectivity index (χ1v) is 7.99. The molecule has 1 rings (SSSR count). The highest BCUT2D eigenvalue weighted by molar-refractivity contribution is 5.76. The topological polar surface area (TPSA) is 44.4 Å². The molecule has 0 radical (unpaired) electrons. The summed E-state index contributed by atoms with van der Waals surface area (Å²) in [6, 6.07) is 10.6. The first kappa shape index (κ1) is 17.7. The van der Waals surface area contributed by atoms with Gasteiger partial charge in [0.05, 0.1) is 6.04 Å². The average Bonchev–Trinajstić information content (AvgIpc) is 2.52. The third-order valence-electron chi connectivity index (χ3n) is 3.71. The summed E-state index contributed by atoms with van der Waals surface area (Å²) in [5, 5.41) is 6.24.